The molecule has 0 heterocycles. The van der Waals surface area contributed by atoms with Gasteiger partial charge < -0.3 is 5.11 Å². The molecule has 3 heteroatoms. The van der Waals surface area contributed by atoms with Gasteiger partial charge in [-0.3, -0.25) is 0 Å². The zero-order chi connectivity index (χ0) is 11.7. The van der Waals surface area contributed by atoms with Crippen LogP contribution in [0.5, 0.6) is 0 Å². The molecule has 80 valence electrons. The zero-order valence-electron chi connectivity index (χ0n) is 8.55. The lowest BCUT2D eigenvalue weighted by atomic mass is 10.2. The number of benzene rings is 1. The van der Waals surface area contributed by atoms with Crippen LogP contribution in [-0.4, -0.2) is 11.1 Å². The minimum Gasteiger partial charge on any atom is -0.478 e. The Labute approximate surface area is 95.4 Å². The summed E-state index contributed by atoms with van der Waals surface area (Å²) in [7, 11) is 0. The molecule has 0 aliphatic carbocycles. The van der Waals surface area contributed by atoms with Crippen molar-refractivity contribution in [3.05, 3.63) is 53.5 Å². The van der Waals surface area contributed by atoms with Crippen LogP contribution in [0.2, 0.25) is 0 Å². The van der Waals surface area contributed by atoms with Gasteiger partial charge in [-0.1, -0.05) is 36.9 Å². The largest absolute Gasteiger partial charge is 0.478 e. The van der Waals surface area contributed by atoms with E-state index < -0.39 is 5.97 Å². The molecule has 0 aliphatic heterocycles. The van der Waals surface area contributed by atoms with Gasteiger partial charge in [-0.05, 0) is 24.0 Å². The van der Waals surface area contributed by atoms with Crippen molar-refractivity contribution in [1.29, 1.82) is 0 Å². The Bertz CT molecular complexity index is 330. The number of carbonyl (C=O) groups is 1. The van der Waals surface area contributed by atoms with E-state index in [4.69, 9.17) is 5.11 Å². The molecule has 15 heavy (non-hydrogen) atoms. The smallest absolute Gasteiger partial charge is 0.330 e. The second-order valence-electron chi connectivity index (χ2n) is 2.81. The number of aliphatic carboxylic acids is 1. The monoisotopic (exact) mass is 222 g/mol. The molecule has 1 aromatic carbocycles. The Morgan fingerprint density at radius 1 is 1.40 bits per heavy atom. The van der Waals surface area contributed by atoms with Gasteiger partial charge in [0.2, 0.25) is 0 Å². The maximum Gasteiger partial charge on any atom is 0.330 e. The van der Waals surface area contributed by atoms with E-state index in [1.165, 1.54) is 12.5 Å². The highest BCUT2D eigenvalue weighted by Crippen LogP contribution is 2.00. The van der Waals surface area contributed by atoms with Gasteiger partial charge in [-0.15, -0.1) is 0 Å². The van der Waals surface area contributed by atoms with Crippen LogP contribution in [0.1, 0.15) is 12.5 Å². The van der Waals surface area contributed by atoms with E-state index in [1.54, 1.807) is 5.41 Å². The molecular formula is C12H14O2S. The lowest BCUT2D eigenvalue weighted by molar-refractivity contribution is -0.132. The Morgan fingerprint density at radius 3 is 2.20 bits per heavy atom. The van der Waals surface area contributed by atoms with Crippen molar-refractivity contribution in [2.24, 2.45) is 0 Å². The van der Waals surface area contributed by atoms with Gasteiger partial charge >= 0.3 is 5.97 Å². The van der Waals surface area contributed by atoms with Crippen molar-refractivity contribution in [1.82, 2.24) is 0 Å². The SMILES string of the molecule is C=C(C)C(=O)O.SC=Cc1ccccc1. The Morgan fingerprint density at radius 2 is 1.87 bits per heavy atom. The summed E-state index contributed by atoms with van der Waals surface area (Å²) < 4.78 is 0. The highest BCUT2D eigenvalue weighted by molar-refractivity contribution is 7.83. The summed E-state index contributed by atoms with van der Waals surface area (Å²) in [6, 6.07) is 10.1. The van der Waals surface area contributed by atoms with E-state index >= 15 is 0 Å². The van der Waals surface area contributed by atoms with E-state index in [1.807, 2.05) is 36.4 Å². The van der Waals surface area contributed by atoms with Crippen LogP contribution in [0.3, 0.4) is 0 Å². The van der Waals surface area contributed by atoms with Crippen LogP contribution < -0.4 is 0 Å². The Hall–Kier alpha value is -1.48. The summed E-state index contributed by atoms with van der Waals surface area (Å²) >= 11 is 3.95. The first-order valence-electron chi connectivity index (χ1n) is 4.32. The second kappa shape index (κ2) is 7.88. The van der Waals surface area contributed by atoms with E-state index in [2.05, 4.69) is 19.2 Å². The molecule has 0 spiro atoms. The molecule has 1 rings (SSSR count). The fraction of sp³-hybridized carbons (Fsp3) is 0.0833. The third-order valence-corrected chi connectivity index (χ3v) is 1.58. The van der Waals surface area contributed by atoms with Crippen molar-refractivity contribution in [2.75, 3.05) is 0 Å². The summed E-state index contributed by atoms with van der Waals surface area (Å²) in [4.78, 5) is 9.60. The van der Waals surface area contributed by atoms with Gasteiger partial charge in [0.25, 0.3) is 0 Å². The van der Waals surface area contributed by atoms with Crippen LogP contribution in [0.25, 0.3) is 6.08 Å². The van der Waals surface area contributed by atoms with Crippen molar-refractivity contribution in [2.45, 2.75) is 6.92 Å². The third-order valence-electron chi connectivity index (χ3n) is 1.43. The average Bonchev–Trinajstić information content (AvgIpc) is 2.20. The van der Waals surface area contributed by atoms with Crippen LogP contribution >= 0.6 is 12.6 Å². The lowest BCUT2D eigenvalue weighted by Gasteiger charge is -1.86. The maximum absolute atomic E-state index is 9.60. The summed E-state index contributed by atoms with van der Waals surface area (Å²) in [5, 5.41) is 9.62. The third kappa shape index (κ3) is 7.58. The van der Waals surface area contributed by atoms with Gasteiger partial charge in [0.05, 0.1) is 0 Å². The summed E-state index contributed by atoms with van der Waals surface area (Å²) in [5.74, 6) is -0.935. The number of thiol groups is 1. The van der Waals surface area contributed by atoms with E-state index in [0.29, 0.717) is 0 Å². The fourth-order valence-corrected chi connectivity index (χ4v) is 0.822. The molecule has 1 N–H and O–H groups in total. The number of rotatable bonds is 2. The molecule has 0 radical (unpaired) electrons. The van der Waals surface area contributed by atoms with Gasteiger partial charge in [0.15, 0.2) is 0 Å². The van der Waals surface area contributed by atoms with Crippen LogP contribution in [0.15, 0.2) is 47.9 Å². The molecule has 0 atom stereocenters. The minimum atomic E-state index is -0.935. The van der Waals surface area contributed by atoms with Crippen LogP contribution in [-0.2, 0) is 4.79 Å². The Balaban J connectivity index is 0.000000288. The van der Waals surface area contributed by atoms with Gasteiger partial charge in [0.1, 0.15) is 0 Å². The number of carboxylic acid groups (broad SMARTS) is 1. The predicted octanol–water partition coefficient (Wildman–Crippen LogP) is 3.23. The lowest BCUT2D eigenvalue weighted by Crippen LogP contribution is -1.92. The topological polar surface area (TPSA) is 37.3 Å². The highest BCUT2D eigenvalue weighted by atomic mass is 32.1. The summed E-state index contributed by atoms with van der Waals surface area (Å²) in [5.41, 5.74) is 1.36. The molecule has 0 aromatic heterocycles. The van der Waals surface area contributed by atoms with Gasteiger partial charge in [0, 0.05) is 5.57 Å². The van der Waals surface area contributed by atoms with Gasteiger partial charge in [-0.2, -0.15) is 12.6 Å². The van der Waals surface area contributed by atoms with Crippen molar-refractivity contribution >= 4 is 24.7 Å². The maximum atomic E-state index is 9.60. The quantitative estimate of drug-likeness (QED) is 0.595. The zero-order valence-corrected chi connectivity index (χ0v) is 9.45. The fourth-order valence-electron chi connectivity index (χ4n) is 0.650. The molecule has 1 aromatic rings. The summed E-state index contributed by atoms with van der Waals surface area (Å²) in [6.07, 6.45) is 1.95. The van der Waals surface area contributed by atoms with Crippen molar-refractivity contribution in [3.63, 3.8) is 0 Å². The van der Waals surface area contributed by atoms with E-state index in [9.17, 15) is 4.79 Å². The predicted molar refractivity (Wildman–Crippen MR) is 66.9 cm³/mol. The van der Waals surface area contributed by atoms with E-state index in [0.717, 1.165) is 0 Å². The number of hydrogen-bond acceptors (Lipinski definition) is 2. The minimum absolute atomic E-state index is 0.176. The first-order chi connectivity index (χ1) is 7.07. The molecule has 0 amide bonds. The normalized spacial score (nSPS) is 9.20. The standard InChI is InChI=1S/C8H8S.C4H6O2/c9-7-6-8-4-2-1-3-5-8;1-3(2)4(5)6/h1-7,9H;1H2,2H3,(H,5,6). The van der Waals surface area contributed by atoms with Crippen molar-refractivity contribution in [3.8, 4) is 0 Å². The number of hydrogen-bond donors (Lipinski definition) is 2. The molecule has 0 bridgehead atoms. The Kier molecular flexibility index (Phi) is 7.10. The molecule has 0 fully saturated rings. The first-order valence-corrected chi connectivity index (χ1v) is 4.84. The van der Waals surface area contributed by atoms with Crippen molar-refractivity contribution < 1.29 is 9.90 Å². The van der Waals surface area contributed by atoms with Gasteiger partial charge in [-0.25, -0.2) is 4.79 Å². The molecule has 0 aliphatic rings. The second-order valence-corrected chi connectivity index (χ2v) is 3.11. The molecule has 0 saturated heterocycles. The average molecular weight is 222 g/mol. The highest BCUT2D eigenvalue weighted by Gasteiger charge is 1.90. The van der Waals surface area contributed by atoms with Crippen LogP contribution in [0.4, 0.5) is 0 Å². The number of carboxylic acids is 1. The molecule has 0 unspecified atom stereocenters. The molecule has 2 nitrogen and oxygen atoms in total. The van der Waals surface area contributed by atoms with E-state index in [-0.39, 0.29) is 5.57 Å². The summed E-state index contributed by atoms with van der Waals surface area (Å²) in [6.45, 7) is 4.60. The first kappa shape index (κ1) is 13.5. The molecule has 0 saturated carbocycles. The molecular weight excluding hydrogens is 208 g/mol. The van der Waals surface area contributed by atoms with Crippen LogP contribution in [0, 0.1) is 0 Å².